The summed E-state index contributed by atoms with van der Waals surface area (Å²) in [6.07, 6.45) is -5.66. The second-order valence-corrected chi connectivity index (χ2v) is 8.33. The minimum Gasteiger partial charge on any atom is -0.365 e. The van der Waals surface area contributed by atoms with E-state index in [-0.39, 0.29) is 20.8 Å². The van der Waals surface area contributed by atoms with Crippen LogP contribution >= 0.6 is 11.3 Å². The molecule has 0 saturated heterocycles. The Morgan fingerprint density at radius 1 is 1.09 bits per heavy atom. The Morgan fingerprint density at radius 2 is 1.76 bits per heavy atom. The Balaban J connectivity index is 1.82. The standard InChI is InChI=1S/C22H17F4N5O2S/c1-10-7-14(20(25)26)30-31(10)9-15(32)29-17-16-12(11-5-3-2-4-6-11)8-13(19(23)24)28-22(16)34-18(17)21(27)33/h2-8,19-20H,9H2,1H3,(H2,27,33)(H,29,32). The molecule has 0 bridgehead atoms. The molecule has 176 valence electrons. The van der Waals surface area contributed by atoms with Crippen molar-refractivity contribution < 1.29 is 27.2 Å². The molecule has 34 heavy (non-hydrogen) atoms. The fourth-order valence-corrected chi connectivity index (χ4v) is 4.50. The van der Waals surface area contributed by atoms with Crippen molar-refractivity contribution in [1.29, 1.82) is 0 Å². The molecule has 3 heterocycles. The van der Waals surface area contributed by atoms with Crippen molar-refractivity contribution in [1.82, 2.24) is 14.8 Å². The fourth-order valence-electron chi connectivity index (χ4n) is 3.48. The van der Waals surface area contributed by atoms with E-state index in [0.29, 0.717) is 16.8 Å². The smallest absolute Gasteiger partial charge is 0.282 e. The maximum Gasteiger partial charge on any atom is 0.282 e. The number of benzene rings is 1. The summed E-state index contributed by atoms with van der Waals surface area (Å²) in [5.74, 6) is -1.56. The second kappa shape index (κ2) is 9.21. The van der Waals surface area contributed by atoms with Gasteiger partial charge in [0, 0.05) is 11.1 Å². The SMILES string of the molecule is Cc1cc(C(F)F)nn1CC(=O)Nc1c(C(N)=O)sc2nc(C(F)F)cc(-c3ccccc3)c12. The van der Waals surface area contributed by atoms with Gasteiger partial charge in [0.1, 0.15) is 27.6 Å². The predicted octanol–water partition coefficient (Wildman–Crippen LogP) is 5.08. The summed E-state index contributed by atoms with van der Waals surface area (Å²) in [7, 11) is 0. The first-order valence-electron chi connectivity index (χ1n) is 9.88. The molecule has 0 fully saturated rings. The van der Waals surface area contributed by atoms with Crippen LogP contribution in [-0.2, 0) is 11.3 Å². The van der Waals surface area contributed by atoms with Crippen LogP contribution in [0.4, 0.5) is 23.2 Å². The number of thiophene rings is 1. The molecule has 7 nitrogen and oxygen atoms in total. The Morgan fingerprint density at radius 3 is 2.35 bits per heavy atom. The van der Waals surface area contributed by atoms with Crippen LogP contribution in [0.3, 0.4) is 0 Å². The van der Waals surface area contributed by atoms with Gasteiger partial charge in [-0.3, -0.25) is 14.3 Å². The number of nitrogens with zero attached hydrogens (tertiary/aromatic N) is 3. The number of nitrogens with two attached hydrogens (primary N) is 1. The number of hydrogen-bond acceptors (Lipinski definition) is 5. The number of hydrogen-bond donors (Lipinski definition) is 2. The highest BCUT2D eigenvalue weighted by Crippen LogP contribution is 2.42. The third kappa shape index (κ3) is 4.49. The summed E-state index contributed by atoms with van der Waals surface area (Å²) >= 11 is 0.777. The van der Waals surface area contributed by atoms with Crippen LogP contribution in [0.25, 0.3) is 21.3 Å². The average Bonchev–Trinajstić information content (AvgIpc) is 3.34. The zero-order valence-corrected chi connectivity index (χ0v) is 18.4. The lowest BCUT2D eigenvalue weighted by atomic mass is 10.0. The Bertz CT molecular complexity index is 1390. The van der Waals surface area contributed by atoms with Gasteiger partial charge < -0.3 is 11.1 Å². The lowest BCUT2D eigenvalue weighted by molar-refractivity contribution is -0.116. The molecule has 12 heteroatoms. The fraction of sp³-hybridized carbons (Fsp3) is 0.182. The number of rotatable bonds is 7. The van der Waals surface area contributed by atoms with E-state index in [1.807, 2.05) is 0 Å². The number of amides is 2. The molecule has 2 amide bonds. The molecule has 0 unspecified atom stereocenters. The van der Waals surface area contributed by atoms with Gasteiger partial charge in [0.15, 0.2) is 0 Å². The molecule has 0 radical (unpaired) electrons. The van der Waals surface area contributed by atoms with Crippen molar-refractivity contribution in [3.05, 3.63) is 64.4 Å². The number of alkyl halides is 4. The maximum absolute atomic E-state index is 13.5. The number of halogens is 4. The third-order valence-corrected chi connectivity index (χ3v) is 6.09. The van der Waals surface area contributed by atoms with E-state index >= 15 is 0 Å². The molecule has 0 aliphatic carbocycles. The Labute approximate surface area is 194 Å². The van der Waals surface area contributed by atoms with Gasteiger partial charge in [-0.2, -0.15) is 5.10 Å². The topological polar surface area (TPSA) is 103 Å². The van der Waals surface area contributed by atoms with E-state index in [9.17, 15) is 27.2 Å². The summed E-state index contributed by atoms with van der Waals surface area (Å²) in [5.41, 5.74) is 5.78. The van der Waals surface area contributed by atoms with Gasteiger partial charge in [0.05, 0.1) is 5.69 Å². The van der Waals surface area contributed by atoms with Crippen LogP contribution in [-0.4, -0.2) is 26.6 Å². The van der Waals surface area contributed by atoms with E-state index in [2.05, 4.69) is 15.4 Å². The minimum absolute atomic E-state index is 0.0172. The van der Waals surface area contributed by atoms with E-state index in [1.54, 1.807) is 30.3 Å². The summed E-state index contributed by atoms with van der Waals surface area (Å²) in [5, 5.41) is 6.57. The highest BCUT2D eigenvalue weighted by atomic mass is 32.1. The summed E-state index contributed by atoms with van der Waals surface area (Å²) < 4.78 is 54.0. The van der Waals surface area contributed by atoms with Crippen molar-refractivity contribution in [2.24, 2.45) is 5.73 Å². The molecule has 4 aromatic rings. The summed E-state index contributed by atoms with van der Waals surface area (Å²) in [6.45, 7) is 1.10. The van der Waals surface area contributed by atoms with E-state index in [0.717, 1.165) is 22.1 Å². The molecule has 0 aliphatic rings. The lowest BCUT2D eigenvalue weighted by Gasteiger charge is -2.11. The van der Waals surface area contributed by atoms with Gasteiger partial charge in [-0.25, -0.2) is 22.5 Å². The van der Waals surface area contributed by atoms with E-state index in [4.69, 9.17) is 5.73 Å². The van der Waals surface area contributed by atoms with Crippen molar-refractivity contribution >= 4 is 39.1 Å². The number of carbonyl (C=O) groups is 2. The van der Waals surface area contributed by atoms with Crippen LogP contribution in [0.5, 0.6) is 0 Å². The molecule has 1 aromatic carbocycles. The molecule has 3 N–H and O–H groups in total. The Hall–Kier alpha value is -3.80. The van der Waals surface area contributed by atoms with Crippen molar-refractivity contribution in [2.45, 2.75) is 26.3 Å². The van der Waals surface area contributed by atoms with Gasteiger partial charge in [-0.1, -0.05) is 30.3 Å². The molecule has 4 rings (SSSR count). The van der Waals surface area contributed by atoms with Crippen molar-refractivity contribution in [3.63, 3.8) is 0 Å². The van der Waals surface area contributed by atoms with Crippen molar-refractivity contribution in [2.75, 3.05) is 5.32 Å². The molecular weight excluding hydrogens is 474 g/mol. The normalized spacial score (nSPS) is 11.5. The van der Waals surface area contributed by atoms with Crippen LogP contribution in [0, 0.1) is 6.92 Å². The van der Waals surface area contributed by atoms with E-state index in [1.165, 1.54) is 13.0 Å². The van der Waals surface area contributed by atoms with Gasteiger partial charge in [0.2, 0.25) is 5.91 Å². The largest absolute Gasteiger partial charge is 0.365 e. The lowest BCUT2D eigenvalue weighted by Crippen LogP contribution is -2.22. The quantitative estimate of drug-likeness (QED) is 0.352. The predicted molar refractivity (Wildman–Crippen MR) is 119 cm³/mol. The highest BCUT2D eigenvalue weighted by molar-refractivity contribution is 7.21. The number of pyridine rings is 1. The number of carbonyl (C=O) groups excluding carboxylic acids is 2. The summed E-state index contributed by atoms with van der Waals surface area (Å²) in [6, 6.07) is 10.9. The number of fused-ring (bicyclic) bond motifs is 1. The molecule has 0 spiro atoms. The molecule has 0 atom stereocenters. The van der Waals surface area contributed by atoms with E-state index < -0.39 is 42.6 Å². The van der Waals surface area contributed by atoms with Gasteiger partial charge in [-0.15, -0.1) is 11.3 Å². The third-order valence-electron chi connectivity index (χ3n) is 5.00. The van der Waals surface area contributed by atoms with Crippen molar-refractivity contribution in [3.8, 4) is 11.1 Å². The van der Waals surface area contributed by atoms with Crippen LogP contribution in [0.1, 0.15) is 39.6 Å². The molecule has 0 saturated carbocycles. The molecular formula is C22H17F4N5O2S. The zero-order chi connectivity index (χ0) is 24.6. The monoisotopic (exact) mass is 491 g/mol. The van der Waals surface area contributed by atoms with Gasteiger partial charge >= 0.3 is 0 Å². The number of nitrogens with one attached hydrogen (secondary N) is 1. The van der Waals surface area contributed by atoms with Gasteiger partial charge in [0.25, 0.3) is 18.8 Å². The molecule has 3 aromatic heterocycles. The second-order valence-electron chi connectivity index (χ2n) is 7.33. The molecule has 0 aliphatic heterocycles. The number of primary amides is 1. The first-order chi connectivity index (χ1) is 16.2. The van der Waals surface area contributed by atoms with Crippen LogP contribution < -0.4 is 11.1 Å². The number of aryl methyl sites for hydroxylation is 1. The number of aromatic nitrogens is 3. The average molecular weight is 491 g/mol. The maximum atomic E-state index is 13.5. The minimum atomic E-state index is -2.86. The van der Waals surface area contributed by atoms with Crippen LogP contribution in [0.15, 0.2) is 42.5 Å². The highest BCUT2D eigenvalue weighted by Gasteiger charge is 2.25. The zero-order valence-electron chi connectivity index (χ0n) is 17.6. The number of anilines is 1. The Kier molecular flexibility index (Phi) is 6.33. The first-order valence-corrected chi connectivity index (χ1v) is 10.7. The van der Waals surface area contributed by atoms with Crippen LogP contribution in [0.2, 0.25) is 0 Å². The first kappa shape index (κ1) is 23.4. The van der Waals surface area contributed by atoms with Gasteiger partial charge in [-0.05, 0) is 30.2 Å². The summed E-state index contributed by atoms with van der Waals surface area (Å²) in [4.78, 5) is 28.9.